The largest absolute Gasteiger partial charge is 0.286 e. The van der Waals surface area contributed by atoms with Crippen LogP contribution in [0.25, 0.3) is 0 Å². The molecule has 0 spiro atoms. The third-order valence-electron chi connectivity index (χ3n) is 3.26. The molecule has 0 unspecified atom stereocenters. The fourth-order valence-electron chi connectivity index (χ4n) is 2.06. The van der Waals surface area contributed by atoms with E-state index in [9.17, 15) is 14.8 Å². The fourth-order valence-corrected chi connectivity index (χ4v) is 2.06. The summed E-state index contributed by atoms with van der Waals surface area (Å²) < 4.78 is 0. The number of hydrogen-bond acceptors (Lipinski definition) is 5. The van der Waals surface area contributed by atoms with Gasteiger partial charge >= 0.3 is 0 Å². The first-order valence-electron chi connectivity index (χ1n) is 7.47. The van der Waals surface area contributed by atoms with Crippen LogP contribution in [0, 0.1) is 12.8 Å². The minimum absolute atomic E-state index is 0.0258. The SMILES string of the molecule is CCCCC[C@H](CN(O)C=O)C(=O)NNc1cccc(C)n1. The highest BCUT2D eigenvalue weighted by Gasteiger charge is 2.20. The molecule has 22 heavy (non-hydrogen) atoms. The van der Waals surface area contributed by atoms with Crippen molar-refractivity contribution in [2.24, 2.45) is 5.92 Å². The predicted molar refractivity (Wildman–Crippen MR) is 82.9 cm³/mol. The summed E-state index contributed by atoms with van der Waals surface area (Å²) in [7, 11) is 0. The minimum Gasteiger partial charge on any atom is -0.286 e. The number of hydroxylamine groups is 2. The van der Waals surface area contributed by atoms with Gasteiger partial charge in [-0.25, -0.2) is 10.0 Å². The van der Waals surface area contributed by atoms with Gasteiger partial charge in [-0.1, -0.05) is 32.3 Å². The monoisotopic (exact) mass is 308 g/mol. The van der Waals surface area contributed by atoms with Crippen LogP contribution in [0.2, 0.25) is 0 Å². The molecule has 0 aliphatic heterocycles. The summed E-state index contributed by atoms with van der Waals surface area (Å²) in [4.78, 5) is 26.9. The van der Waals surface area contributed by atoms with Crippen molar-refractivity contribution in [3.8, 4) is 0 Å². The third kappa shape index (κ3) is 6.53. The molecule has 0 fully saturated rings. The van der Waals surface area contributed by atoms with Crippen LogP contribution < -0.4 is 10.9 Å². The topological polar surface area (TPSA) is 94.6 Å². The van der Waals surface area contributed by atoms with Crippen LogP contribution in [0.1, 0.15) is 38.3 Å². The molecule has 1 aromatic heterocycles. The molecular weight excluding hydrogens is 284 g/mol. The summed E-state index contributed by atoms with van der Waals surface area (Å²) in [5, 5.41) is 9.81. The molecule has 3 N–H and O–H groups in total. The van der Waals surface area contributed by atoms with Gasteiger partial charge < -0.3 is 0 Å². The first-order valence-corrected chi connectivity index (χ1v) is 7.47. The van der Waals surface area contributed by atoms with Gasteiger partial charge in [-0.3, -0.25) is 25.6 Å². The maximum absolute atomic E-state index is 12.2. The molecule has 0 aliphatic rings. The van der Waals surface area contributed by atoms with E-state index in [0.717, 1.165) is 25.0 Å². The molecule has 0 bridgehead atoms. The lowest BCUT2D eigenvalue weighted by molar-refractivity contribution is -0.154. The van der Waals surface area contributed by atoms with Gasteiger partial charge in [0, 0.05) is 5.69 Å². The lowest BCUT2D eigenvalue weighted by atomic mass is 10.0. The van der Waals surface area contributed by atoms with Crippen molar-refractivity contribution in [3.05, 3.63) is 23.9 Å². The number of hydrogen-bond donors (Lipinski definition) is 3. The van der Waals surface area contributed by atoms with E-state index in [0.29, 0.717) is 23.7 Å². The summed E-state index contributed by atoms with van der Waals surface area (Å²) in [5.41, 5.74) is 6.16. The van der Waals surface area contributed by atoms with Crippen molar-refractivity contribution in [2.75, 3.05) is 12.0 Å². The van der Waals surface area contributed by atoms with Crippen LogP contribution in [-0.2, 0) is 9.59 Å². The molecule has 1 heterocycles. The van der Waals surface area contributed by atoms with Crippen molar-refractivity contribution < 1.29 is 14.8 Å². The van der Waals surface area contributed by atoms with Crippen LogP contribution in [0.4, 0.5) is 5.82 Å². The zero-order valence-electron chi connectivity index (χ0n) is 13.1. The number of hydrazine groups is 1. The first-order chi connectivity index (χ1) is 10.6. The average molecular weight is 308 g/mol. The number of nitrogens with zero attached hydrogens (tertiary/aromatic N) is 2. The molecule has 1 aromatic rings. The van der Waals surface area contributed by atoms with Gasteiger partial charge in [0.15, 0.2) is 0 Å². The van der Waals surface area contributed by atoms with Gasteiger partial charge in [-0.2, -0.15) is 0 Å². The van der Waals surface area contributed by atoms with Gasteiger partial charge in [-0.15, -0.1) is 0 Å². The molecule has 7 nitrogen and oxygen atoms in total. The van der Waals surface area contributed by atoms with Crippen molar-refractivity contribution in [2.45, 2.75) is 39.5 Å². The van der Waals surface area contributed by atoms with Crippen LogP contribution in [-0.4, -0.2) is 34.1 Å². The molecule has 0 aromatic carbocycles. The maximum Gasteiger partial charge on any atom is 0.243 e. The van der Waals surface area contributed by atoms with Gasteiger partial charge in [0.05, 0.1) is 12.5 Å². The summed E-state index contributed by atoms with van der Waals surface area (Å²) in [5.74, 6) is -0.212. The van der Waals surface area contributed by atoms with Crippen molar-refractivity contribution in [3.63, 3.8) is 0 Å². The van der Waals surface area contributed by atoms with Crippen molar-refractivity contribution in [1.29, 1.82) is 0 Å². The van der Waals surface area contributed by atoms with Crippen LogP contribution in [0.15, 0.2) is 18.2 Å². The van der Waals surface area contributed by atoms with Gasteiger partial charge in [-0.05, 0) is 25.5 Å². The molecule has 0 radical (unpaired) electrons. The second-order valence-corrected chi connectivity index (χ2v) is 5.20. The number of anilines is 1. The highest BCUT2D eigenvalue weighted by Crippen LogP contribution is 2.12. The van der Waals surface area contributed by atoms with E-state index in [-0.39, 0.29) is 12.5 Å². The van der Waals surface area contributed by atoms with Crippen LogP contribution in [0.3, 0.4) is 0 Å². The van der Waals surface area contributed by atoms with Gasteiger partial charge in [0.1, 0.15) is 5.82 Å². The highest BCUT2D eigenvalue weighted by molar-refractivity contribution is 5.80. The Hall–Kier alpha value is -2.15. The molecule has 7 heteroatoms. The molecule has 2 amide bonds. The van der Waals surface area contributed by atoms with Gasteiger partial charge in [0.2, 0.25) is 12.3 Å². The average Bonchev–Trinajstić information content (AvgIpc) is 2.51. The number of aromatic nitrogens is 1. The lowest BCUT2D eigenvalue weighted by Gasteiger charge is -2.19. The fraction of sp³-hybridized carbons (Fsp3) is 0.533. The second-order valence-electron chi connectivity index (χ2n) is 5.20. The molecule has 0 aliphatic carbocycles. The van der Waals surface area contributed by atoms with E-state index in [1.54, 1.807) is 6.07 Å². The molecular formula is C15H24N4O3. The number of carbonyl (C=O) groups excluding carboxylic acids is 2. The van der Waals surface area contributed by atoms with Crippen molar-refractivity contribution >= 4 is 18.1 Å². The predicted octanol–water partition coefficient (Wildman–Crippen LogP) is 1.88. The van der Waals surface area contributed by atoms with Crippen LogP contribution >= 0.6 is 0 Å². The zero-order valence-corrected chi connectivity index (χ0v) is 13.1. The van der Waals surface area contributed by atoms with Crippen LogP contribution in [0.5, 0.6) is 0 Å². The number of unbranched alkanes of at least 4 members (excludes halogenated alkanes) is 2. The zero-order chi connectivity index (χ0) is 16.4. The second kappa shape index (κ2) is 9.73. The molecule has 122 valence electrons. The molecule has 1 rings (SSSR count). The summed E-state index contributed by atoms with van der Waals surface area (Å²) in [6, 6.07) is 5.43. The van der Waals surface area contributed by atoms with E-state index in [2.05, 4.69) is 22.8 Å². The minimum atomic E-state index is -0.473. The lowest BCUT2D eigenvalue weighted by Crippen LogP contribution is -2.40. The standard InChI is InChI=1S/C15H24N4O3/c1-3-4-5-8-13(10-19(22)11-20)15(21)18-17-14-9-6-7-12(2)16-14/h6-7,9,11,13,22H,3-5,8,10H2,1-2H3,(H,16,17)(H,18,21)/t13-/m1/s1. The Labute approximate surface area is 130 Å². The summed E-state index contributed by atoms with van der Waals surface area (Å²) in [6.07, 6.45) is 3.81. The first kappa shape index (κ1) is 17.9. The molecule has 0 saturated carbocycles. The van der Waals surface area contributed by atoms with E-state index in [4.69, 9.17) is 0 Å². The summed E-state index contributed by atoms with van der Waals surface area (Å²) in [6.45, 7) is 3.90. The number of aryl methyl sites for hydroxylation is 1. The van der Waals surface area contributed by atoms with Gasteiger partial charge in [0.25, 0.3) is 0 Å². The number of amides is 2. The van der Waals surface area contributed by atoms with E-state index in [1.165, 1.54) is 0 Å². The Bertz CT molecular complexity index is 482. The number of nitrogens with one attached hydrogen (secondary N) is 2. The maximum atomic E-state index is 12.2. The Kier molecular flexibility index (Phi) is 7.91. The Morgan fingerprint density at radius 3 is 2.86 bits per heavy atom. The molecule has 1 atom stereocenters. The smallest absolute Gasteiger partial charge is 0.243 e. The number of rotatable bonds is 10. The van der Waals surface area contributed by atoms with E-state index >= 15 is 0 Å². The Morgan fingerprint density at radius 2 is 2.23 bits per heavy atom. The Balaban J connectivity index is 2.55. The Morgan fingerprint density at radius 1 is 1.45 bits per heavy atom. The highest BCUT2D eigenvalue weighted by atomic mass is 16.5. The quantitative estimate of drug-likeness (QED) is 0.265. The summed E-state index contributed by atoms with van der Waals surface area (Å²) >= 11 is 0. The van der Waals surface area contributed by atoms with E-state index in [1.807, 2.05) is 19.1 Å². The molecule has 0 saturated heterocycles. The normalized spacial score (nSPS) is 11.6. The third-order valence-corrected chi connectivity index (χ3v) is 3.26. The van der Waals surface area contributed by atoms with E-state index < -0.39 is 5.92 Å². The number of carbonyl (C=O) groups is 2. The van der Waals surface area contributed by atoms with Crippen molar-refractivity contribution in [1.82, 2.24) is 15.5 Å². The number of pyridine rings is 1.